The Labute approximate surface area is 171 Å². The van der Waals surface area contributed by atoms with Crippen LogP contribution in [0.5, 0.6) is 0 Å². The first-order valence-corrected chi connectivity index (χ1v) is 10.4. The standard InChI is InChI=1S/C26H24N2O/c1-17-11-12-23-21(15-17)26(25(29)27(23)2)16-19-8-4-6-10-22(19)28-14-13-18-7-3-5-9-20(18)24(26)28/h3-12,15,24H,13-14,16H2,1-2H3/t24-,26-/m0/s1. The fraction of sp³-hybridized carbons (Fsp3) is 0.269. The molecule has 3 aromatic carbocycles. The molecule has 3 aliphatic heterocycles. The second kappa shape index (κ2) is 5.73. The van der Waals surface area contributed by atoms with Crippen molar-refractivity contribution in [2.45, 2.75) is 31.2 Å². The number of carbonyl (C=O) groups excluding carboxylic acids is 1. The van der Waals surface area contributed by atoms with Crippen LogP contribution in [-0.2, 0) is 23.1 Å². The maximum absolute atomic E-state index is 14.0. The van der Waals surface area contributed by atoms with Gasteiger partial charge in [0.2, 0.25) is 5.91 Å². The van der Waals surface area contributed by atoms with Crippen LogP contribution in [0.3, 0.4) is 0 Å². The van der Waals surface area contributed by atoms with E-state index >= 15 is 0 Å². The summed E-state index contributed by atoms with van der Waals surface area (Å²) in [6.45, 7) is 3.07. The molecule has 3 nitrogen and oxygen atoms in total. The lowest BCUT2D eigenvalue weighted by Gasteiger charge is -2.52. The number of likely N-dealkylation sites (N-methyl/N-ethyl adjacent to an activating group) is 1. The first kappa shape index (κ1) is 16.8. The lowest BCUT2D eigenvalue weighted by molar-refractivity contribution is -0.124. The van der Waals surface area contributed by atoms with E-state index in [-0.39, 0.29) is 11.9 Å². The Morgan fingerprint density at radius 1 is 0.931 bits per heavy atom. The number of carbonyl (C=O) groups is 1. The van der Waals surface area contributed by atoms with E-state index in [1.807, 2.05) is 11.9 Å². The third-order valence-corrected chi connectivity index (χ3v) is 7.20. The molecule has 29 heavy (non-hydrogen) atoms. The number of para-hydroxylation sites is 1. The van der Waals surface area contributed by atoms with Gasteiger partial charge in [-0.05, 0) is 54.2 Å². The largest absolute Gasteiger partial charge is 0.362 e. The van der Waals surface area contributed by atoms with E-state index in [1.54, 1.807) is 0 Å². The monoisotopic (exact) mass is 380 g/mol. The summed E-state index contributed by atoms with van der Waals surface area (Å²) in [5.74, 6) is 0.222. The Kier molecular flexibility index (Phi) is 3.33. The van der Waals surface area contributed by atoms with Crippen LogP contribution in [0, 0.1) is 6.92 Å². The number of fused-ring (bicyclic) bond motifs is 8. The van der Waals surface area contributed by atoms with Gasteiger partial charge < -0.3 is 9.80 Å². The van der Waals surface area contributed by atoms with E-state index in [9.17, 15) is 4.79 Å². The molecule has 2 atom stereocenters. The minimum atomic E-state index is -0.582. The average Bonchev–Trinajstić information content (AvgIpc) is 2.95. The van der Waals surface area contributed by atoms with Crippen LogP contribution in [-0.4, -0.2) is 19.5 Å². The fourth-order valence-electron chi connectivity index (χ4n) is 5.95. The molecule has 3 aliphatic rings. The van der Waals surface area contributed by atoms with Crippen LogP contribution in [0.2, 0.25) is 0 Å². The summed E-state index contributed by atoms with van der Waals surface area (Å²) >= 11 is 0. The smallest absolute Gasteiger partial charge is 0.240 e. The van der Waals surface area contributed by atoms with Gasteiger partial charge in [0.15, 0.2) is 0 Å². The van der Waals surface area contributed by atoms with Gasteiger partial charge in [0.1, 0.15) is 5.41 Å². The molecule has 1 spiro atoms. The minimum absolute atomic E-state index is 0.0281. The Hall–Kier alpha value is -3.07. The lowest BCUT2D eigenvalue weighted by Crippen LogP contribution is -2.56. The second-order valence-corrected chi connectivity index (χ2v) is 8.71. The Bertz CT molecular complexity index is 1170. The first-order chi connectivity index (χ1) is 14.1. The highest BCUT2D eigenvalue weighted by Crippen LogP contribution is 2.58. The van der Waals surface area contributed by atoms with Gasteiger partial charge in [0, 0.05) is 25.0 Å². The summed E-state index contributed by atoms with van der Waals surface area (Å²) < 4.78 is 0. The van der Waals surface area contributed by atoms with Gasteiger partial charge in [-0.15, -0.1) is 0 Å². The van der Waals surface area contributed by atoms with Crippen molar-refractivity contribution in [1.82, 2.24) is 0 Å². The average molecular weight is 380 g/mol. The number of nitrogens with zero attached hydrogens (tertiary/aromatic N) is 2. The molecule has 0 fully saturated rings. The number of hydrogen-bond acceptors (Lipinski definition) is 2. The molecule has 0 aliphatic carbocycles. The molecule has 3 heterocycles. The molecule has 0 bridgehead atoms. The molecular weight excluding hydrogens is 356 g/mol. The number of benzene rings is 3. The van der Waals surface area contributed by atoms with Crippen molar-refractivity contribution in [2.24, 2.45) is 0 Å². The van der Waals surface area contributed by atoms with Crippen molar-refractivity contribution in [2.75, 3.05) is 23.4 Å². The van der Waals surface area contributed by atoms with Crippen LogP contribution in [0.4, 0.5) is 11.4 Å². The Morgan fingerprint density at radius 3 is 2.55 bits per heavy atom. The van der Waals surface area contributed by atoms with Gasteiger partial charge in [-0.25, -0.2) is 0 Å². The summed E-state index contributed by atoms with van der Waals surface area (Å²) in [4.78, 5) is 18.4. The third kappa shape index (κ3) is 2.05. The van der Waals surface area contributed by atoms with Gasteiger partial charge in [-0.1, -0.05) is 60.2 Å². The van der Waals surface area contributed by atoms with Gasteiger partial charge in [0.05, 0.1) is 6.04 Å². The normalized spacial score (nSPS) is 24.2. The van der Waals surface area contributed by atoms with Crippen LogP contribution >= 0.6 is 0 Å². The Balaban J connectivity index is 1.70. The van der Waals surface area contributed by atoms with Crippen molar-refractivity contribution >= 4 is 17.3 Å². The first-order valence-electron chi connectivity index (χ1n) is 10.4. The maximum Gasteiger partial charge on any atom is 0.240 e. The highest BCUT2D eigenvalue weighted by molar-refractivity contribution is 6.09. The molecule has 0 saturated heterocycles. The molecule has 0 aromatic heterocycles. The number of anilines is 2. The molecule has 144 valence electrons. The molecule has 0 radical (unpaired) electrons. The van der Waals surface area contributed by atoms with Crippen LogP contribution in [0.15, 0.2) is 66.7 Å². The van der Waals surface area contributed by atoms with Crippen molar-refractivity contribution in [3.63, 3.8) is 0 Å². The highest BCUT2D eigenvalue weighted by Gasteiger charge is 2.60. The molecule has 1 amide bonds. The molecule has 0 unspecified atom stereocenters. The van der Waals surface area contributed by atoms with Crippen molar-refractivity contribution in [3.05, 3.63) is 94.5 Å². The second-order valence-electron chi connectivity index (χ2n) is 8.71. The summed E-state index contributed by atoms with van der Waals surface area (Å²) in [6, 6.07) is 23.9. The van der Waals surface area contributed by atoms with Gasteiger partial charge in [-0.2, -0.15) is 0 Å². The zero-order valence-electron chi connectivity index (χ0n) is 16.9. The van der Waals surface area contributed by atoms with E-state index in [4.69, 9.17) is 0 Å². The summed E-state index contributed by atoms with van der Waals surface area (Å²) in [6.07, 6.45) is 1.76. The van der Waals surface area contributed by atoms with E-state index in [2.05, 4.69) is 78.6 Å². The molecule has 0 N–H and O–H groups in total. The van der Waals surface area contributed by atoms with E-state index in [1.165, 1.54) is 33.5 Å². The quantitative estimate of drug-likeness (QED) is 0.570. The third-order valence-electron chi connectivity index (χ3n) is 7.20. The minimum Gasteiger partial charge on any atom is -0.362 e. The molecule has 0 saturated carbocycles. The molecular formula is C26H24N2O. The van der Waals surface area contributed by atoms with Crippen LogP contribution < -0.4 is 9.80 Å². The predicted octanol–water partition coefficient (Wildman–Crippen LogP) is 4.57. The molecule has 6 rings (SSSR count). The zero-order valence-corrected chi connectivity index (χ0v) is 16.9. The van der Waals surface area contributed by atoms with Crippen LogP contribution in [0.25, 0.3) is 0 Å². The van der Waals surface area contributed by atoms with Crippen LogP contribution in [0.1, 0.15) is 33.9 Å². The van der Waals surface area contributed by atoms with Gasteiger partial charge >= 0.3 is 0 Å². The number of hydrogen-bond donors (Lipinski definition) is 0. The summed E-state index contributed by atoms with van der Waals surface area (Å²) in [7, 11) is 1.94. The lowest BCUT2D eigenvalue weighted by atomic mass is 9.63. The van der Waals surface area contributed by atoms with E-state index < -0.39 is 5.41 Å². The van der Waals surface area contributed by atoms with Crippen molar-refractivity contribution in [3.8, 4) is 0 Å². The molecule has 3 heteroatoms. The maximum atomic E-state index is 14.0. The van der Waals surface area contributed by atoms with Gasteiger partial charge in [-0.3, -0.25) is 4.79 Å². The number of amides is 1. The van der Waals surface area contributed by atoms with E-state index in [0.717, 1.165) is 25.1 Å². The summed E-state index contributed by atoms with van der Waals surface area (Å²) in [5, 5.41) is 0. The van der Waals surface area contributed by atoms with Crippen molar-refractivity contribution < 1.29 is 4.79 Å². The number of rotatable bonds is 0. The fourth-order valence-corrected chi connectivity index (χ4v) is 5.95. The predicted molar refractivity (Wildman–Crippen MR) is 117 cm³/mol. The summed E-state index contributed by atoms with van der Waals surface area (Å²) in [5.41, 5.74) is 8.12. The number of aryl methyl sites for hydroxylation is 1. The van der Waals surface area contributed by atoms with Gasteiger partial charge in [0.25, 0.3) is 0 Å². The highest BCUT2D eigenvalue weighted by atomic mass is 16.2. The van der Waals surface area contributed by atoms with Crippen molar-refractivity contribution in [1.29, 1.82) is 0 Å². The zero-order chi connectivity index (χ0) is 19.8. The Morgan fingerprint density at radius 2 is 1.69 bits per heavy atom. The topological polar surface area (TPSA) is 23.6 Å². The SMILES string of the molecule is Cc1ccc2c(c1)[C@]1(Cc3ccccc3N3CCc4ccccc4[C@H]31)C(=O)N2C. The van der Waals surface area contributed by atoms with E-state index in [0.29, 0.717) is 0 Å². The molecule has 3 aromatic rings.